The number of rotatable bonds is 7. The van der Waals surface area contributed by atoms with Crippen molar-refractivity contribution in [2.75, 3.05) is 6.61 Å². The average Bonchev–Trinajstić information content (AvgIpc) is 2.05. The number of hydrogen-bond donors (Lipinski definition) is 1. The first-order valence-corrected chi connectivity index (χ1v) is 5.48. The Labute approximate surface area is 82.9 Å². The van der Waals surface area contributed by atoms with Crippen LogP contribution in [0, 0.1) is 5.92 Å². The van der Waals surface area contributed by atoms with Crippen LogP contribution in [0.25, 0.3) is 0 Å². The zero-order chi connectivity index (χ0) is 10.1. The SMILES string of the molecule is CCCCCC(C)=CC(C)CCO. The highest BCUT2D eigenvalue weighted by Crippen LogP contribution is 2.12. The van der Waals surface area contributed by atoms with Gasteiger partial charge in [0.25, 0.3) is 0 Å². The van der Waals surface area contributed by atoms with E-state index in [-0.39, 0.29) is 0 Å². The van der Waals surface area contributed by atoms with Crippen LogP contribution < -0.4 is 0 Å². The lowest BCUT2D eigenvalue weighted by atomic mass is 10.0. The molecule has 78 valence electrons. The van der Waals surface area contributed by atoms with Gasteiger partial charge in [-0.15, -0.1) is 0 Å². The Morgan fingerprint density at radius 2 is 2.08 bits per heavy atom. The van der Waals surface area contributed by atoms with Gasteiger partial charge in [-0.1, -0.05) is 38.3 Å². The van der Waals surface area contributed by atoms with Gasteiger partial charge in [0.2, 0.25) is 0 Å². The molecule has 1 heteroatoms. The lowest BCUT2D eigenvalue weighted by Gasteiger charge is -2.06. The Morgan fingerprint density at radius 3 is 2.62 bits per heavy atom. The highest BCUT2D eigenvalue weighted by atomic mass is 16.2. The van der Waals surface area contributed by atoms with Crippen LogP contribution in [0.4, 0.5) is 0 Å². The smallest absolute Gasteiger partial charge is 0.0436 e. The second-order valence-corrected chi connectivity index (χ2v) is 3.96. The number of unbranched alkanes of at least 4 members (excludes halogenated alkanes) is 2. The Hall–Kier alpha value is -0.300. The maximum Gasteiger partial charge on any atom is 0.0436 e. The standard InChI is InChI=1S/C12H24O/c1-4-5-6-7-11(2)10-12(3)8-9-13/h10,12-13H,4-9H2,1-3H3. The molecule has 1 nitrogen and oxygen atoms in total. The number of aliphatic hydroxyl groups excluding tert-OH is 1. The van der Waals surface area contributed by atoms with E-state index in [0.717, 1.165) is 6.42 Å². The first-order chi connectivity index (χ1) is 6.20. The normalized spacial score (nSPS) is 14.6. The van der Waals surface area contributed by atoms with E-state index in [4.69, 9.17) is 5.11 Å². The molecular formula is C12H24O. The van der Waals surface area contributed by atoms with Crippen molar-refractivity contribution in [3.63, 3.8) is 0 Å². The summed E-state index contributed by atoms with van der Waals surface area (Å²) in [6.45, 7) is 6.90. The lowest BCUT2D eigenvalue weighted by Crippen LogP contribution is -1.95. The third-order valence-electron chi connectivity index (χ3n) is 2.33. The Morgan fingerprint density at radius 1 is 1.38 bits per heavy atom. The van der Waals surface area contributed by atoms with Gasteiger partial charge in [-0.2, -0.15) is 0 Å². The summed E-state index contributed by atoms with van der Waals surface area (Å²) in [5.41, 5.74) is 1.48. The fourth-order valence-electron chi connectivity index (χ4n) is 1.51. The molecule has 0 aromatic rings. The van der Waals surface area contributed by atoms with Gasteiger partial charge in [-0.05, 0) is 32.1 Å². The van der Waals surface area contributed by atoms with Gasteiger partial charge in [0, 0.05) is 6.61 Å². The van der Waals surface area contributed by atoms with Crippen LogP contribution in [0.2, 0.25) is 0 Å². The second kappa shape index (κ2) is 8.31. The molecule has 1 unspecified atom stereocenters. The molecule has 0 aliphatic heterocycles. The lowest BCUT2D eigenvalue weighted by molar-refractivity contribution is 0.274. The van der Waals surface area contributed by atoms with Gasteiger partial charge in [0.05, 0.1) is 0 Å². The van der Waals surface area contributed by atoms with Gasteiger partial charge in [0.15, 0.2) is 0 Å². The molecule has 0 aliphatic rings. The van der Waals surface area contributed by atoms with Crippen LogP contribution in [-0.4, -0.2) is 11.7 Å². The van der Waals surface area contributed by atoms with Gasteiger partial charge < -0.3 is 5.11 Å². The van der Waals surface area contributed by atoms with Crippen molar-refractivity contribution in [3.05, 3.63) is 11.6 Å². The molecule has 0 heterocycles. The molecule has 0 saturated heterocycles. The number of allylic oxidation sites excluding steroid dienone is 2. The molecule has 13 heavy (non-hydrogen) atoms. The van der Waals surface area contributed by atoms with E-state index in [1.807, 2.05) is 0 Å². The summed E-state index contributed by atoms with van der Waals surface area (Å²) in [6, 6.07) is 0. The molecule has 0 rings (SSSR count). The van der Waals surface area contributed by atoms with Crippen molar-refractivity contribution in [1.82, 2.24) is 0 Å². The summed E-state index contributed by atoms with van der Waals surface area (Å²) in [4.78, 5) is 0. The van der Waals surface area contributed by atoms with E-state index < -0.39 is 0 Å². The van der Waals surface area contributed by atoms with Crippen molar-refractivity contribution in [2.45, 2.75) is 52.9 Å². The molecular weight excluding hydrogens is 160 g/mol. The highest BCUT2D eigenvalue weighted by Gasteiger charge is 1.97. The second-order valence-electron chi connectivity index (χ2n) is 3.96. The van der Waals surface area contributed by atoms with Crippen LogP contribution in [0.15, 0.2) is 11.6 Å². The molecule has 0 aliphatic carbocycles. The molecule has 0 fully saturated rings. The predicted molar refractivity (Wildman–Crippen MR) is 58.8 cm³/mol. The van der Waals surface area contributed by atoms with Crippen molar-refractivity contribution >= 4 is 0 Å². The van der Waals surface area contributed by atoms with Crippen LogP contribution >= 0.6 is 0 Å². The summed E-state index contributed by atoms with van der Waals surface area (Å²) >= 11 is 0. The summed E-state index contributed by atoms with van der Waals surface area (Å²) in [7, 11) is 0. The fourth-order valence-corrected chi connectivity index (χ4v) is 1.51. The first kappa shape index (κ1) is 12.7. The van der Waals surface area contributed by atoms with Crippen molar-refractivity contribution < 1.29 is 5.11 Å². The molecule has 1 atom stereocenters. The van der Waals surface area contributed by atoms with Crippen molar-refractivity contribution in [2.24, 2.45) is 5.92 Å². The predicted octanol–water partition coefficient (Wildman–Crippen LogP) is 3.53. The van der Waals surface area contributed by atoms with Gasteiger partial charge in [0.1, 0.15) is 0 Å². The Balaban J connectivity index is 3.60. The summed E-state index contributed by atoms with van der Waals surface area (Å²) in [5, 5.41) is 8.73. The molecule has 0 spiro atoms. The Kier molecular flexibility index (Phi) is 8.11. The topological polar surface area (TPSA) is 20.2 Å². The van der Waals surface area contributed by atoms with E-state index in [9.17, 15) is 0 Å². The maximum absolute atomic E-state index is 8.73. The third-order valence-corrected chi connectivity index (χ3v) is 2.33. The van der Waals surface area contributed by atoms with Crippen LogP contribution in [0.3, 0.4) is 0 Å². The first-order valence-electron chi connectivity index (χ1n) is 5.48. The minimum Gasteiger partial charge on any atom is -0.396 e. The van der Waals surface area contributed by atoms with E-state index in [1.54, 1.807) is 0 Å². The Bertz CT molecular complexity index is 138. The largest absolute Gasteiger partial charge is 0.396 e. The minimum absolute atomic E-state index is 0.305. The maximum atomic E-state index is 8.73. The number of hydrogen-bond acceptors (Lipinski definition) is 1. The third kappa shape index (κ3) is 8.04. The highest BCUT2D eigenvalue weighted by molar-refractivity contribution is 5.00. The monoisotopic (exact) mass is 184 g/mol. The van der Waals surface area contributed by atoms with Crippen LogP contribution in [-0.2, 0) is 0 Å². The van der Waals surface area contributed by atoms with Gasteiger partial charge in [-0.25, -0.2) is 0 Å². The molecule has 0 saturated carbocycles. The zero-order valence-corrected chi connectivity index (χ0v) is 9.34. The van der Waals surface area contributed by atoms with E-state index >= 15 is 0 Å². The van der Waals surface area contributed by atoms with Crippen LogP contribution in [0.5, 0.6) is 0 Å². The van der Waals surface area contributed by atoms with E-state index in [0.29, 0.717) is 12.5 Å². The molecule has 1 N–H and O–H groups in total. The fraction of sp³-hybridized carbons (Fsp3) is 0.833. The summed E-state index contributed by atoms with van der Waals surface area (Å²) in [6.07, 6.45) is 8.35. The minimum atomic E-state index is 0.305. The molecule has 0 amide bonds. The number of aliphatic hydroxyl groups is 1. The van der Waals surface area contributed by atoms with Crippen molar-refractivity contribution in [3.8, 4) is 0 Å². The van der Waals surface area contributed by atoms with Crippen LogP contribution in [0.1, 0.15) is 52.9 Å². The molecule has 0 radical (unpaired) electrons. The molecule has 0 aromatic carbocycles. The quantitative estimate of drug-likeness (QED) is 0.474. The van der Waals surface area contributed by atoms with Gasteiger partial charge in [-0.3, -0.25) is 0 Å². The zero-order valence-electron chi connectivity index (χ0n) is 9.34. The summed E-state index contributed by atoms with van der Waals surface area (Å²) < 4.78 is 0. The van der Waals surface area contributed by atoms with E-state index in [2.05, 4.69) is 26.8 Å². The van der Waals surface area contributed by atoms with Gasteiger partial charge >= 0.3 is 0 Å². The summed E-state index contributed by atoms with van der Waals surface area (Å²) in [5.74, 6) is 0.534. The van der Waals surface area contributed by atoms with Crippen molar-refractivity contribution in [1.29, 1.82) is 0 Å². The van der Waals surface area contributed by atoms with E-state index in [1.165, 1.54) is 31.3 Å². The molecule has 0 bridgehead atoms. The molecule has 0 aromatic heterocycles. The average molecular weight is 184 g/mol.